The highest BCUT2D eigenvalue weighted by Crippen LogP contribution is 2.15. The van der Waals surface area contributed by atoms with Crippen molar-refractivity contribution in [1.29, 1.82) is 0 Å². The Hall–Kier alpha value is -1.86. The summed E-state index contributed by atoms with van der Waals surface area (Å²) in [5, 5.41) is 3.28. The van der Waals surface area contributed by atoms with Crippen molar-refractivity contribution in [2.24, 2.45) is 10.9 Å². The lowest BCUT2D eigenvalue weighted by atomic mass is 10.0. The maximum atomic E-state index is 13.6. The highest BCUT2D eigenvalue weighted by Gasteiger charge is 2.13. The van der Waals surface area contributed by atoms with Gasteiger partial charge in [-0.1, -0.05) is 12.1 Å². The molecule has 1 aliphatic heterocycles. The van der Waals surface area contributed by atoms with Crippen LogP contribution in [0.3, 0.4) is 0 Å². The molecule has 158 valence electrons. The summed E-state index contributed by atoms with van der Waals surface area (Å²) in [7, 11) is 1.95. The van der Waals surface area contributed by atoms with E-state index in [9.17, 15) is 4.39 Å². The number of aliphatic imine (C=N–C) groups is 1. The summed E-state index contributed by atoms with van der Waals surface area (Å²) in [5.41, 5.74) is 0. The highest BCUT2D eigenvalue weighted by atomic mass is 19.1. The van der Waals surface area contributed by atoms with Crippen LogP contribution in [0.15, 0.2) is 29.3 Å². The second kappa shape index (κ2) is 13.3. The van der Waals surface area contributed by atoms with Crippen molar-refractivity contribution in [3.05, 3.63) is 30.1 Å². The highest BCUT2D eigenvalue weighted by molar-refractivity contribution is 5.79. The monoisotopic (exact) mass is 395 g/mol. The molecule has 0 atom stereocenters. The van der Waals surface area contributed by atoms with Crippen LogP contribution in [0, 0.1) is 11.7 Å². The van der Waals surface area contributed by atoms with E-state index in [0.717, 1.165) is 58.2 Å². The molecule has 0 amide bonds. The number of benzene rings is 1. The Kier molecular flexibility index (Phi) is 10.7. The lowest BCUT2D eigenvalue weighted by molar-refractivity contribution is 0.0205. The molecule has 0 unspecified atom stereocenters. The first-order valence-corrected chi connectivity index (χ1v) is 10.2. The number of hydrogen-bond acceptors (Lipinski definition) is 4. The Balaban J connectivity index is 1.64. The van der Waals surface area contributed by atoms with E-state index in [0.29, 0.717) is 25.6 Å². The molecule has 1 N–H and O–H groups in total. The summed E-state index contributed by atoms with van der Waals surface area (Å²) in [6.07, 6.45) is 3.09. The minimum Gasteiger partial charge on any atom is -0.489 e. The van der Waals surface area contributed by atoms with E-state index in [2.05, 4.69) is 10.3 Å². The summed E-state index contributed by atoms with van der Waals surface area (Å²) < 4.78 is 30.3. The second-order valence-electron chi connectivity index (χ2n) is 6.92. The number of ether oxygens (including phenoxy) is 3. The molecular weight excluding hydrogens is 361 g/mol. The third-order valence-electron chi connectivity index (χ3n) is 4.62. The number of rotatable bonds is 11. The Morgan fingerprint density at radius 3 is 2.82 bits per heavy atom. The molecule has 1 aromatic carbocycles. The number of hydrogen-bond donors (Lipinski definition) is 1. The van der Waals surface area contributed by atoms with Gasteiger partial charge in [0.05, 0.1) is 6.54 Å². The maximum absolute atomic E-state index is 13.6. The SMILES string of the molecule is CCNC(=NCCCOCC1CCOCC1)N(C)CCOc1ccccc1F. The molecule has 1 aliphatic rings. The lowest BCUT2D eigenvalue weighted by Gasteiger charge is -2.22. The lowest BCUT2D eigenvalue weighted by Crippen LogP contribution is -2.41. The number of guanidine groups is 1. The van der Waals surface area contributed by atoms with Crippen molar-refractivity contribution in [1.82, 2.24) is 10.2 Å². The molecule has 2 rings (SSSR count). The summed E-state index contributed by atoms with van der Waals surface area (Å²) in [5.74, 6) is 1.39. The largest absolute Gasteiger partial charge is 0.489 e. The van der Waals surface area contributed by atoms with E-state index in [1.54, 1.807) is 18.2 Å². The fourth-order valence-corrected chi connectivity index (χ4v) is 2.94. The van der Waals surface area contributed by atoms with Crippen molar-refractivity contribution in [3.63, 3.8) is 0 Å². The zero-order chi connectivity index (χ0) is 20.0. The number of nitrogens with zero attached hydrogens (tertiary/aromatic N) is 2. The fourth-order valence-electron chi connectivity index (χ4n) is 2.94. The van der Waals surface area contributed by atoms with Crippen LogP contribution in [-0.4, -0.2) is 70.6 Å². The van der Waals surface area contributed by atoms with Crippen molar-refractivity contribution >= 4 is 5.96 Å². The summed E-state index contributed by atoms with van der Waals surface area (Å²) in [6, 6.07) is 6.44. The van der Waals surface area contributed by atoms with Gasteiger partial charge in [0.15, 0.2) is 17.5 Å². The van der Waals surface area contributed by atoms with Crippen LogP contribution in [0.5, 0.6) is 5.75 Å². The first-order valence-electron chi connectivity index (χ1n) is 10.2. The van der Waals surface area contributed by atoms with Crippen molar-refractivity contribution in [3.8, 4) is 5.75 Å². The predicted octanol–water partition coefficient (Wildman–Crippen LogP) is 2.94. The van der Waals surface area contributed by atoms with Crippen LogP contribution in [0.1, 0.15) is 26.2 Å². The van der Waals surface area contributed by atoms with Gasteiger partial charge in [-0.25, -0.2) is 4.39 Å². The minimum atomic E-state index is -0.341. The van der Waals surface area contributed by atoms with Crippen LogP contribution in [0.25, 0.3) is 0 Å². The average molecular weight is 396 g/mol. The van der Waals surface area contributed by atoms with Crippen LogP contribution < -0.4 is 10.1 Å². The van der Waals surface area contributed by atoms with E-state index in [4.69, 9.17) is 14.2 Å². The zero-order valence-electron chi connectivity index (χ0n) is 17.2. The minimum absolute atomic E-state index is 0.277. The second-order valence-corrected chi connectivity index (χ2v) is 6.92. The molecule has 0 aliphatic carbocycles. The maximum Gasteiger partial charge on any atom is 0.193 e. The molecule has 1 heterocycles. The quantitative estimate of drug-likeness (QED) is 0.355. The van der Waals surface area contributed by atoms with E-state index in [1.807, 2.05) is 18.9 Å². The van der Waals surface area contributed by atoms with Gasteiger partial charge >= 0.3 is 0 Å². The van der Waals surface area contributed by atoms with Gasteiger partial charge in [0.1, 0.15) is 6.61 Å². The van der Waals surface area contributed by atoms with Gasteiger partial charge in [0, 0.05) is 46.6 Å². The molecule has 0 aromatic heterocycles. The standard InChI is InChI=1S/C21H34FN3O3/c1-3-23-21(24-11-6-13-27-17-18-9-14-26-15-10-18)25(2)12-16-28-20-8-5-4-7-19(20)22/h4-5,7-8,18H,3,6,9-17H2,1-2H3,(H,23,24). The smallest absolute Gasteiger partial charge is 0.193 e. The molecule has 1 aromatic rings. The first kappa shape index (κ1) is 22.4. The van der Waals surface area contributed by atoms with Gasteiger partial charge in [-0.15, -0.1) is 0 Å². The zero-order valence-corrected chi connectivity index (χ0v) is 17.2. The third-order valence-corrected chi connectivity index (χ3v) is 4.62. The molecule has 7 heteroatoms. The van der Waals surface area contributed by atoms with E-state index in [1.165, 1.54) is 6.07 Å². The van der Waals surface area contributed by atoms with E-state index < -0.39 is 0 Å². The van der Waals surface area contributed by atoms with E-state index >= 15 is 0 Å². The molecule has 0 saturated carbocycles. The Morgan fingerprint density at radius 1 is 1.29 bits per heavy atom. The third kappa shape index (κ3) is 8.44. The molecule has 0 bridgehead atoms. The van der Waals surface area contributed by atoms with Crippen LogP contribution in [0.2, 0.25) is 0 Å². The summed E-state index contributed by atoms with van der Waals surface area (Å²) in [4.78, 5) is 6.64. The summed E-state index contributed by atoms with van der Waals surface area (Å²) >= 11 is 0. The molecule has 1 fully saturated rings. The molecular formula is C21H34FN3O3. The molecule has 0 radical (unpaired) electrons. The number of para-hydroxylation sites is 1. The Morgan fingerprint density at radius 2 is 2.07 bits per heavy atom. The predicted molar refractivity (Wildman–Crippen MR) is 109 cm³/mol. The topological polar surface area (TPSA) is 55.3 Å². The van der Waals surface area contributed by atoms with Crippen molar-refractivity contribution in [2.45, 2.75) is 26.2 Å². The van der Waals surface area contributed by atoms with Gasteiger partial charge in [-0.3, -0.25) is 4.99 Å². The Labute approximate surface area is 168 Å². The van der Waals surface area contributed by atoms with Crippen LogP contribution >= 0.6 is 0 Å². The van der Waals surface area contributed by atoms with Crippen LogP contribution in [-0.2, 0) is 9.47 Å². The molecule has 1 saturated heterocycles. The average Bonchev–Trinajstić information content (AvgIpc) is 2.72. The van der Waals surface area contributed by atoms with Crippen molar-refractivity contribution < 1.29 is 18.6 Å². The van der Waals surface area contributed by atoms with Crippen molar-refractivity contribution in [2.75, 3.05) is 59.7 Å². The Bertz CT molecular complexity index is 580. The summed E-state index contributed by atoms with van der Waals surface area (Å²) in [6.45, 7) is 7.79. The van der Waals surface area contributed by atoms with Gasteiger partial charge in [0.25, 0.3) is 0 Å². The number of halogens is 1. The van der Waals surface area contributed by atoms with Gasteiger partial charge < -0.3 is 24.4 Å². The van der Waals surface area contributed by atoms with E-state index in [-0.39, 0.29) is 11.6 Å². The fraction of sp³-hybridized carbons (Fsp3) is 0.667. The first-order chi connectivity index (χ1) is 13.7. The molecule has 28 heavy (non-hydrogen) atoms. The number of nitrogens with one attached hydrogen (secondary N) is 1. The van der Waals surface area contributed by atoms with Gasteiger partial charge in [-0.05, 0) is 44.2 Å². The van der Waals surface area contributed by atoms with Crippen LogP contribution in [0.4, 0.5) is 4.39 Å². The normalized spacial score (nSPS) is 15.5. The molecule has 0 spiro atoms. The van der Waals surface area contributed by atoms with Gasteiger partial charge in [-0.2, -0.15) is 0 Å². The molecule has 6 nitrogen and oxygen atoms in total. The number of likely N-dealkylation sites (N-methyl/N-ethyl adjacent to an activating group) is 1. The van der Waals surface area contributed by atoms with Gasteiger partial charge in [0.2, 0.25) is 0 Å².